The molecule has 1 aromatic carbocycles. The lowest BCUT2D eigenvalue weighted by atomic mass is 9.88. The van der Waals surface area contributed by atoms with E-state index in [4.69, 9.17) is 0 Å². The maximum Gasteiger partial charge on any atom is 0.306 e. The number of aromatic nitrogens is 2. The van der Waals surface area contributed by atoms with Crippen LogP contribution in [0, 0.1) is 5.92 Å². The van der Waals surface area contributed by atoms with Gasteiger partial charge in [-0.25, -0.2) is 9.97 Å². The highest BCUT2D eigenvalue weighted by Gasteiger charge is 2.28. The Morgan fingerprint density at radius 1 is 1.31 bits per heavy atom. The molecule has 2 N–H and O–H groups in total. The SMILES string of the molecule is O=C(O)[C@@H]1CCc2c(sc3ncnc(Nc4ccc5c(c4)C=NC5)c23)C1. The highest BCUT2D eigenvalue weighted by molar-refractivity contribution is 7.19. The van der Waals surface area contributed by atoms with Gasteiger partial charge >= 0.3 is 5.97 Å². The molecule has 1 aliphatic carbocycles. The zero-order valence-corrected chi connectivity index (χ0v) is 14.7. The maximum absolute atomic E-state index is 11.3. The van der Waals surface area contributed by atoms with Crippen LogP contribution in [0.4, 0.5) is 11.5 Å². The number of thiophene rings is 1. The molecule has 0 amide bonds. The van der Waals surface area contributed by atoms with Gasteiger partial charge in [-0.15, -0.1) is 11.3 Å². The second kappa shape index (κ2) is 5.88. The summed E-state index contributed by atoms with van der Waals surface area (Å²) in [5, 5.41) is 13.8. The number of hydrogen-bond acceptors (Lipinski definition) is 6. The third kappa shape index (κ3) is 2.47. The van der Waals surface area contributed by atoms with Gasteiger partial charge in [-0.3, -0.25) is 9.79 Å². The van der Waals surface area contributed by atoms with Crippen LogP contribution in [0.3, 0.4) is 0 Å². The number of rotatable bonds is 3. The van der Waals surface area contributed by atoms with Gasteiger partial charge in [-0.2, -0.15) is 0 Å². The molecule has 2 aromatic heterocycles. The minimum absolute atomic E-state index is 0.295. The molecule has 0 saturated heterocycles. The van der Waals surface area contributed by atoms with Crippen molar-refractivity contribution in [3.63, 3.8) is 0 Å². The topological polar surface area (TPSA) is 87.5 Å². The van der Waals surface area contributed by atoms with Gasteiger partial charge in [0.15, 0.2) is 0 Å². The van der Waals surface area contributed by atoms with Crippen LogP contribution in [0.5, 0.6) is 0 Å². The van der Waals surface area contributed by atoms with Crippen molar-refractivity contribution < 1.29 is 9.90 Å². The molecule has 0 bridgehead atoms. The van der Waals surface area contributed by atoms with E-state index < -0.39 is 5.97 Å². The molecule has 0 saturated carbocycles. The van der Waals surface area contributed by atoms with Gasteiger partial charge in [0.1, 0.15) is 17.0 Å². The first-order valence-corrected chi connectivity index (χ1v) is 9.38. The van der Waals surface area contributed by atoms with E-state index in [0.29, 0.717) is 12.8 Å². The highest BCUT2D eigenvalue weighted by Crippen LogP contribution is 2.40. The molecule has 0 radical (unpaired) electrons. The molecule has 6 nitrogen and oxygen atoms in total. The molecule has 1 atom stereocenters. The predicted octanol–water partition coefficient (Wildman–Crippen LogP) is 3.56. The first kappa shape index (κ1) is 15.5. The summed E-state index contributed by atoms with van der Waals surface area (Å²) in [7, 11) is 0. The zero-order chi connectivity index (χ0) is 17.7. The number of aliphatic imine (C=N–C) groups is 1. The molecule has 3 aromatic rings. The summed E-state index contributed by atoms with van der Waals surface area (Å²) in [5.41, 5.74) is 4.54. The molecule has 2 aliphatic rings. The van der Waals surface area contributed by atoms with E-state index in [1.54, 1.807) is 17.7 Å². The van der Waals surface area contributed by atoms with Gasteiger partial charge in [0.25, 0.3) is 0 Å². The van der Waals surface area contributed by atoms with Crippen molar-refractivity contribution in [2.75, 3.05) is 5.32 Å². The zero-order valence-electron chi connectivity index (χ0n) is 13.9. The van der Waals surface area contributed by atoms with Gasteiger partial charge < -0.3 is 10.4 Å². The Bertz CT molecular complexity index is 1070. The second-order valence-electron chi connectivity index (χ2n) is 6.69. The highest BCUT2D eigenvalue weighted by atomic mass is 32.1. The number of fused-ring (bicyclic) bond motifs is 4. The maximum atomic E-state index is 11.3. The van der Waals surface area contributed by atoms with Crippen molar-refractivity contribution >= 4 is 45.2 Å². The van der Waals surface area contributed by atoms with Crippen molar-refractivity contribution in [3.8, 4) is 0 Å². The Labute approximate surface area is 153 Å². The minimum atomic E-state index is -0.711. The normalized spacial score (nSPS) is 17.9. The lowest BCUT2D eigenvalue weighted by Gasteiger charge is -2.18. The third-order valence-corrected chi connectivity index (χ3v) is 6.26. The summed E-state index contributed by atoms with van der Waals surface area (Å²) in [6.45, 7) is 0.746. The summed E-state index contributed by atoms with van der Waals surface area (Å²) < 4.78 is 0. The van der Waals surface area contributed by atoms with Crippen LogP contribution in [-0.4, -0.2) is 27.3 Å². The van der Waals surface area contributed by atoms with E-state index >= 15 is 0 Å². The van der Waals surface area contributed by atoms with Crippen molar-refractivity contribution in [1.29, 1.82) is 0 Å². The number of carbonyl (C=O) groups is 1. The van der Waals surface area contributed by atoms with E-state index in [0.717, 1.165) is 45.1 Å². The molecule has 0 unspecified atom stereocenters. The average molecular weight is 364 g/mol. The van der Waals surface area contributed by atoms with Gasteiger partial charge in [-0.1, -0.05) is 6.07 Å². The first-order valence-electron chi connectivity index (χ1n) is 8.57. The van der Waals surface area contributed by atoms with Crippen LogP contribution in [0.25, 0.3) is 10.2 Å². The number of nitrogens with one attached hydrogen (secondary N) is 1. The monoisotopic (exact) mass is 364 g/mol. The predicted molar refractivity (Wildman–Crippen MR) is 102 cm³/mol. The Hall–Kier alpha value is -2.80. The number of hydrogen-bond donors (Lipinski definition) is 2. The lowest BCUT2D eigenvalue weighted by molar-refractivity contribution is -0.142. The van der Waals surface area contributed by atoms with Gasteiger partial charge in [-0.05, 0) is 48.1 Å². The molecule has 5 rings (SSSR count). The van der Waals surface area contributed by atoms with E-state index in [1.165, 1.54) is 11.1 Å². The Kier molecular flexibility index (Phi) is 3.49. The van der Waals surface area contributed by atoms with E-state index in [2.05, 4.69) is 32.4 Å². The molecule has 0 fully saturated rings. The van der Waals surface area contributed by atoms with Crippen LogP contribution in [0.1, 0.15) is 28.0 Å². The third-order valence-electron chi connectivity index (χ3n) is 5.10. The second-order valence-corrected chi connectivity index (χ2v) is 7.78. The molecule has 3 heterocycles. The fourth-order valence-corrected chi connectivity index (χ4v) is 5.00. The smallest absolute Gasteiger partial charge is 0.306 e. The van der Waals surface area contributed by atoms with Crippen LogP contribution < -0.4 is 5.32 Å². The summed E-state index contributed by atoms with van der Waals surface area (Å²) in [4.78, 5) is 26.6. The summed E-state index contributed by atoms with van der Waals surface area (Å²) in [6.07, 6.45) is 5.47. The van der Waals surface area contributed by atoms with Gasteiger partial charge in [0.2, 0.25) is 0 Å². The molecule has 1 aliphatic heterocycles. The number of nitrogens with zero attached hydrogens (tertiary/aromatic N) is 3. The number of benzene rings is 1. The fourth-order valence-electron chi connectivity index (χ4n) is 3.73. The van der Waals surface area contributed by atoms with Crippen LogP contribution in [-0.2, 0) is 24.2 Å². The van der Waals surface area contributed by atoms with Crippen molar-refractivity contribution in [1.82, 2.24) is 9.97 Å². The molecule has 0 spiro atoms. The Morgan fingerprint density at radius 3 is 3.12 bits per heavy atom. The van der Waals surface area contributed by atoms with Crippen LogP contribution in [0.2, 0.25) is 0 Å². The number of carboxylic acid groups (broad SMARTS) is 1. The lowest BCUT2D eigenvalue weighted by Crippen LogP contribution is -2.21. The average Bonchev–Trinajstić information content (AvgIpc) is 3.25. The standard InChI is InChI=1S/C19H16N4O2S/c24-19(25)10-2-4-14-15(6-10)26-18-16(14)17(21-9-22-18)23-13-3-1-11-7-20-8-12(11)5-13/h1,3,5,8-10H,2,4,6-7H2,(H,24,25)(H,21,22,23)/t10-/m1/s1. The Balaban J connectivity index is 1.55. The quantitative estimate of drug-likeness (QED) is 0.742. The number of anilines is 2. The molecular formula is C19H16N4O2S. The number of aryl methyl sites for hydroxylation is 1. The molecule has 130 valence electrons. The van der Waals surface area contributed by atoms with Crippen molar-refractivity contribution in [3.05, 3.63) is 46.1 Å². The molecule has 7 heteroatoms. The summed E-state index contributed by atoms with van der Waals surface area (Å²) in [5.74, 6) is -0.218. The number of carboxylic acids is 1. The van der Waals surface area contributed by atoms with Crippen molar-refractivity contribution in [2.45, 2.75) is 25.8 Å². The minimum Gasteiger partial charge on any atom is -0.481 e. The summed E-state index contributed by atoms with van der Waals surface area (Å²) >= 11 is 1.59. The van der Waals surface area contributed by atoms with E-state index in [1.807, 2.05) is 12.3 Å². The molecular weight excluding hydrogens is 348 g/mol. The largest absolute Gasteiger partial charge is 0.481 e. The van der Waals surface area contributed by atoms with Gasteiger partial charge in [0.05, 0.1) is 17.8 Å². The fraction of sp³-hybridized carbons (Fsp3) is 0.263. The molecule has 26 heavy (non-hydrogen) atoms. The van der Waals surface area contributed by atoms with Crippen molar-refractivity contribution in [2.24, 2.45) is 10.9 Å². The summed E-state index contributed by atoms with van der Waals surface area (Å²) in [6, 6.07) is 6.21. The number of aliphatic carboxylic acids is 1. The van der Waals surface area contributed by atoms with E-state index in [-0.39, 0.29) is 5.92 Å². The van der Waals surface area contributed by atoms with Gasteiger partial charge in [0, 0.05) is 16.8 Å². The van der Waals surface area contributed by atoms with E-state index in [9.17, 15) is 9.90 Å². The Morgan fingerprint density at radius 2 is 2.23 bits per heavy atom. The first-order chi connectivity index (χ1) is 12.7. The van der Waals surface area contributed by atoms with Crippen LogP contribution >= 0.6 is 11.3 Å². The van der Waals surface area contributed by atoms with Crippen LogP contribution in [0.15, 0.2) is 29.5 Å².